The number of fused-ring (bicyclic) bond motifs is 1. The maximum Gasteiger partial charge on any atom is 0.433 e. The molecule has 2 atom stereocenters. The number of aromatic nitrogens is 3. The zero-order valence-corrected chi connectivity index (χ0v) is 17.8. The Bertz CT molecular complexity index is 1080. The van der Waals surface area contributed by atoms with Gasteiger partial charge in [0.2, 0.25) is 0 Å². The van der Waals surface area contributed by atoms with E-state index in [1.165, 1.54) is 17.4 Å². The van der Waals surface area contributed by atoms with Gasteiger partial charge in [-0.25, -0.2) is 9.50 Å². The number of piperidine rings is 1. The summed E-state index contributed by atoms with van der Waals surface area (Å²) in [5.41, 5.74) is -0.688. The smallest absolute Gasteiger partial charge is 0.337 e. The van der Waals surface area contributed by atoms with Crippen LogP contribution < -0.4 is 0 Å². The van der Waals surface area contributed by atoms with Crippen LogP contribution in [-0.4, -0.2) is 38.5 Å². The van der Waals surface area contributed by atoms with E-state index < -0.39 is 11.9 Å². The first-order chi connectivity index (χ1) is 14.2. The van der Waals surface area contributed by atoms with Crippen LogP contribution in [0.2, 0.25) is 0 Å². The summed E-state index contributed by atoms with van der Waals surface area (Å²) in [5, 5.41) is 4.01. The van der Waals surface area contributed by atoms with E-state index in [0.717, 1.165) is 28.3 Å². The number of carbonyl (C=O) groups excluding carboxylic acids is 1. The molecule has 1 aliphatic heterocycles. The highest BCUT2D eigenvalue weighted by Gasteiger charge is 2.36. The number of carbonyl (C=O) groups is 1. The second kappa shape index (κ2) is 7.68. The number of amides is 1. The first-order valence-corrected chi connectivity index (χ1v) is 10.8. The van der Waals surface area contributed by atoms with Crippen LogP contribution in [0, 0.1) is 11.8 Å². The molecule has 1 saturated heterocycles. The van der Waals surface area contributed by atoms with Crippen LogP contribution in [0.3, 0.4) is 0 Å². The summed E-state index contributed by atoms with van der Waals surface area (Å²) in [7, 11) is 0. The van der Waals surface area contributed by atoms with Crippen molar-refractivity contribution in [1.82, 2.24) is 19.5 Å². The lowest BCUT2D eigenvalue weighted by atomic mass is 9.92. The first-order valence-electron chi connectivity index (χ1n) is 10.0. The summed E-state index contributed by atoms with van der Waals surface area (Å²) in [6.45, 7) is 7.29. The quantitative estimate of drug-likeness (QED) is 0.570. The zero-order valence-electron chi connectivity index (χ0n) is 17.0. The lowest BCUT2D eigenvalue weighted by Crippen LogP contribution is -2.42. The van der Waals surface area contributed by atoms with Crippen molar-refractivity contribution in [1.29, 1.82) is 0 Å². The molecule has 0 saturated carbocycles. The highest BCUT2D eigenvalue weighted by atomic mass is 32.1. The number of thiophene rings is 1. The Balaban J connectivity index is 1.78. The summed E-state index contributed by atoms with van der Waals surface area (Å²) in [4.78, 5) is 20.8. The SMILES string of the molecule is CCc1ccc(-c2cc(C(F)(F)F)n3nc(C(=O)N4C[C@@H](C)C[C@H](C)C4)cc3n2)s1. The summed E-state index contributed by atoms with van der Waals surface area (Å²) < 4.78 is 42.1. The number of rotatable bonds is 3. The summed E-state index contributed by atoms with van der Waals surface area (Å²) in [6, 6.07) is 6.04. The van der Waals surface area contributed by atoms with Gasteiger partial charge in [0.25, 0.3) is 5.91 Å². The van der Waals surface area contributed by atoms with Crippen molar-refractivity contribution >= 4 is 22.9 Å². The van der Waals surface area contributed by atoms with Gasteiger partial charge in [0.1, 0.15) is 0 Å². The molecule has 1 amide bonds. The fourth-order valence-electron chi connectivity index (χ4n) is 4.10. The van der Waals surface area contributed by atoms with Crippen molar-refractivity contribution in [3.63, 3.8) is 0 Å². The molecule has 3 aromatic heterocycles. The molecule has 3 aromatic rings. The third-order valence-electron chi connectivity index (χ3n) is 5.36. The number of nitrogens with zero attached hydrogens (tertiary/aromatic N) is 4. The van der Waals surface area contributed by atoms with E-state index >= 15 is 0 Å². The van der Waals surface area contributed by atoms with Gasteiger partial charge in [0.15, 0.2) is 17.0 Å². The van der Waals surface area contributed by atoms with Crippen molar-refractivity contribution in [2.45, 2.75) is 39.8 Å². The van der Waals surface area contributed by atoms with Crippen LogP contribution in [0.25, 0.3) is 16.2 Å². The van der Waals surface area contributed by atoms with Crippen molar-refractivity contribution in [2.24, 2.45) is 11.8 Å². The second-order valence-electron chi connectivity index (χ2n) is 8.10. The average molecular weight is 437 g/mol. The van der Waals surface area contributed by atoms with Gasteiger partial charge < -0.3 is 4.90 Å². The summed E-state index contributed by atoms with van der Waals surface area (Å²) >= 11 is 1.42. The van der Waals surface area contributed by atoms with Gasteiger partial charge in [-0.3, -0.25) is 4.79 Å². The van der Waals surface area contributed by atoms with Crippen molar-refractivity contribution in [3.8, 4) is 10.6 Å². The molecular formula is C21H23F3N4OS. The van der Waals surface area contributed by atoms with Gasteiger partial charge in [-0.05, 0) is 42.9 Å². The Morgan fingerprint density at radius 1 is 1.20 bits per heavy atom. The van der Waals surface area contributed by atoms with Gasteiger partial charge in [-0.15, -0.1) is 11.3 Å². The molecule has 0 N–H and O–H groups in total. The van der Waals surface area contributed by atoms with Crippen LogP contribution >= 0.6 is 11.3 Å². The highest BCUT2D eigenvalue weighted by molar-refractivity contribution is 7.15. The molecule has 30 heavy (non-hydrogen) atoms. The van der Waals surface area contributed by atoms with Crippen molar-refractivity contribution < 1.29 is 18.0 Å². The van der Waals surface area contributed by atoms with E-state index in [1.807, 2.05) is 13.0 Å². The third-order valence-corrected chi connectivity index (χ3v) is 6.61. The minimum Gasteiger partial charge on any atom is -0.337 e. The number of halogens is 3. The minimum atomic E-state index is -4.62. The molecule has 0 aliphatic carbocycles. The molecule has 1 fully saturated rings. The fraction of sp³-hybridized carbons (Fsp3) is 0.476. The standard InChI is InChI=1S/C21H23F3N4OS/c1-4-14-5-6-17(30-14)15-8-18(21(22,23)24)28-19(25-15)9-16(26-28)20(29)27-10-12(2)7-13(3)11-27/h5-6,8-9,12-13H,4,7,10-11H2,1-3H3/t12-,13-/m0/s1. The molecule has 160 valence electrons. The van der Waals surface area contributed by atoms with E-state index in [2.05, 4.69) is 23.9 Å². The average Bonchev–Trinajstić information content (AvgIpc) is 3.31. The highest BCUT2D eigenvalue weighted by Crippen LogP contribution is 2.34. The number of alkyl halides is 3. The molecule has 0 aromatic carbocycles. The Labute approximate surface area is 176 Å². The molecule has 5 nitrogen and oxygen atoms in total. The molecule has 0 unspecified atom stereocenters. The van der Waals surface area contributed by atoms with Crippen LogP contribution in [0.5, 0.6) is 0 Å². The Morgan fingerprint density at radius 3 is 2.50 bits per heavy atom. The Hall–Kier alpha value is -2.42. The van der Waals surface area contributed by atoms with E-state index in [9.17, 15) is 18.0 Å². The fourth-order valence-corrected chi connectivity index (χ4v) is 5.01. The van der Waals surface area contributed by atoms with E-state index in [1.54, 1.807) is 11.0 Å². The molecule has 0 spiro atoms. The molecule has 9 heteroatoms. The number of likely N-dealkylation sites (tertiary alicyclic amines) is 1. The first kappa shape index (κ1) is 20.8. The molecule has 0 radical (unpaired) electrons. The number of aryl methyl sites for hydroxylation is 1. The minimum absolute atomic E-state index is 0.00752. The second-order valence-corrected chi connectivity index (χ2v) is 9.27. The molecule has 4 rings (SSSR count). The normalized spacial score (nSPS) is 20.1. The number of hydrogen-bond donors (Lipinski definition) is 0. The van der Waals surface area contributed by atoms with Gasteiger partial charge in [-0.2, -0.15) is 18.3 Å². The van der Waals surface area contributed by atoms with Crippen molar-refractivity contribution in [3.05, 3.63) is 40.5 Å². The lowest BCUT2D eigenvalue weighted by molar-refractivity contribution is -0.142. The largest absolute Gasteiger partial charge is 0.433 e. The molecule has 1 aliphatic rings. The molecule has 0 bridgehead atoms. The topological polar surface area (TPSA) is 50.5 Å². The van der Waals surface area contributed by atoms with E-state index in [0.29, 0.717) is 29.8 Å². The monoisotopic (exact) mass is 436 g/mol. The Kier molecular flexibility index (Phi) is 5.34. The van der Waals surface area contributed by atoms with E-state index in [-0.39, 0.29) is 22.9 Å². The predicted octanol–water partition coefficient (Wildman–Crippen LogP) is 5.16. The van der Waals surface area contributed by atoms with E-state index in [4.69, 9.17) is 0 Å². The van der Waals surface area contributed by atoms with Gasteiger partial charge in [0.05, 0.1) is 10.6 Å². The summed E-state index contributed by atoms with van der Waals surface area (Å²) in [5.74, 6) is 0.339. The summed E-state index contributed by atoms with van der Waals surface area (Å²) in [6.07, 6.45) is -2.79. The molecule has 4 heterocycles. The molecular weight excluding hydrogens is 413 g/mol. The third kappa shape index (κ3) is 3.95. The van der Waals surface area contributed by atoms with Gasteiger partial charge in [0, 0.05) is 24.0 Å². The Morgan fingerprint density at radius 2 is 1.90 bits per heavy atom. The zero-order chi connectivity index (χ0) is 21.6. The van der Waals surface area contributed by atoms with Gasteiger partial charge >= 0.3 is 6.18 Å². The predicted molar refractivity (Wildman–Crippen MR) is 110 cm³/mol. The lowest BCUT2D eigenvalue weighted by Gasteiger charge is -2.34. The maximum absolute atomic E-state index is 13.8. The van der Waals surface area contributed by atoms with Crippen LogP contribution in [-0.2, 0) is 12.6 Å². The maximum atomic E-state index is 13.8. The van der Waals surface area contributed by atoms with Crippen LogP contribution in [0.4, 0.5) is 13.2 Å². The van der Waals surface area contributed by atoms with Crippen molar-refractivity contribution in [2.75, 3.05) is 13.1 Å². The van der Waals surface area contributed by atoms with Gasteiger partial charge in [-0.1, -0.05) is 20.8 Å². The van der Waals surface area contributed by atoms with Crippen LogP contribution in [0.1, 0.15) is 48.3 Å². The number of hydrogen-bond acceptors (Lipinski definition) is 4. The van der Waals surface area contributed by atoms with Crippen LogP contribution in [0.15, 0.2) is 24.3 Å².